The van der Waals surface area contributed by atoms with Crippen LogP contribution >= 0.6 is 0 Å². The molecular formula is C66H81N9O6. The van der Waals surface area contributed by atoms with Crippen molar-refractivity contribution in [3.63, 3.8) is 0 Å². The highest BCUT2D eigenvalue weighted by Gasteiger charge is 2.39. The van der Waals surface area contributed by atoms with Gasteiger partial charge in [0.05, 0.1) is 66.5 Å². The van der Waals surface area contributed by atoms with Gasteiger partial charge in [-0.05, 0) is 55.7 Å². The first-order chi connectivity index (χ1) is 39.6. The first-order valence-corrected chi connectivity index (χ1v) is 31.3. The average molecular weight is 1100 g/mol. The number of unbranched alkanes of at least 4 members (excludes halogenated alkanes) is 27. The molecule has 15 heteroatoms. The van der Waals surface area contributed by atoms with Gasteiger partial charge in [0.15, 0.2) is 0 Å². The van der Waals surface area contributed by atoms with Crippen LogP contribution in [0.1, 0.15) is 276 Å². The normalized spacial score (nSPS) is 14.3. The van der Waals surface area contributed by atoms with Crippen molar-refractivity contribution < 1.29 is 28.8 Å². The molecule has 3 aliphatic heterocycles. The zero-order chi connectivity index (χ0) is 56.4. The maximum atomic E-state index is 14.0. The van der Waals surface area contributed by atoms with Crippen LogP contribution in [-0.4, -0.2) is 99.7 Å². The lowest BCUT2D eigenvalue weighted by Crippen LogP contribution is -2.30. The number of carbonyl (C=O) groups is 6. The minimum atomic E-state index is -0.362. The topological polar surface area (TPSA) is 189 Å². The zero-order valence-electron chi connectivity index (χ0n) is 48.3. The predicted octanol–water partition coefficient (Wildman–Crippen LogP) is 15.5. The number of imide groups is 3. The van der Waals surface area contributed by atoms with Gasteiger partial charge in [-0.25, -0.2) is 29.9 Å². The van der Waals surface area contributed by atoms with E-state index in [4.69, 9.17) is 29.9 Å². The number of benzene rings is 4. The fourth-order valence-corrected chi connectivity index (χ4v) is 12.4. The third kappa shape index (κ3) is 12.3. The highest BCUT2D eigenvalue weighted by Crippen LogP contribution is 2.37. The van der Waals surface area contributed by atoms with Gasteiger partial charge < -0.3 is 0 Å². The Morgan fingerprint density at radius 3 is 0.543 bits per heavy atom. The van der Waals surface area contributed by atoms with E-state index >= 15 is 0 Å². The van der Waals surface area contributed by atoms with E-state index in [1.54, 1.807) is 36.4 Å². The van der Waals surface area contributed by atoms with Crippen molar-refractivity contribution in [3.05, 3.63) is 69.8 Å². The van der Waals surface area contributed by atoms with E-state index < -0.39 is 0 Å². The zero-order valence-corrected chi connectivity index (χ0v) is 48.3. The summed E-state index contributed by atoms with van der Waals surface area (Å²) in [5, 5.41) is 0. The molecule has 0 bridgehead atoms. The second kappa shape index (κ2) is 26.8. The Hall–Kier alpha value is -6.90. The molecule has 6 heterocycles. The molecular weight excluding hydrogens is 1010 g/mol. The van der Waals surface area contributed by atoms with Gasteiger partial charge in [-0.2, -0.15) is 0 Å². The summed E-state index contributed by atoms with van der Waals surface area (Å²) < 4.78 is 0. The van der Waals surface area contributed by atoms with Gasteiger partial charge in [-0.3, -0.25) is 43.5 Å². The van der Waals surface area contributed by atoms with Crippen molar-refractivity contribution in [2.75, 3.05) is 19.6 Å². The smallest absolute Gasteiger partial charge is 0.261 e. The highest BCUT2D eigenvalue weighted by molar-refractivity contribution is 6.27. The number of carbonyl (C=O) groups excluding carboxylic acids is 6. The Morgan fingerprint density at radius 2 is 0.383 bits per heavy atom. The lowest BCUT2D eigenvalue weighted by atomic mass is 10.1. The summed E-state index contributed by atoms with van der Waals surface area (Å²) >= 11 is 0. The van der Waals surface area contributed by atoms with Gasteiger partial charge in [0, 0.05) is 19.6 Å². The van der Waals surface area contributed by atoms with E-state index in [0.29, 0.717) is 85.8 Å². The molecule has 0 saturated carbocycles. The number of amides is 6. The van der Waals surface area contributed by atoms with E-state index in [1.165, 1.54) is 130 Å². The number of aromatic nitrogens is 6. The van der Waals surface area contributed by atoms with Crippen molar-refractivity contribution in [1.82, 2.24) is 44.6 Å². The molecule has 3 aliphatic rings. The van der Waals surface area contributed by atoms with Gasteiger partial charge in [0.2, 0.25) is 0 Å². The van der Waals surface area contributed by atoms with Gasteiger partial charge in [0.1, 0.15) is 33.1 Å². The van der Waals surface area contributed by atoms with Crippen LogP contribution in [0.25, 0.3) is 66.2 Å². The Kier molecular flexibility index (Phi) is 19.0. The van der Waals surface area contributed by atoms with Crippen LogP contribution in [0.5, 0.6) is 0 Å². The third-order valence-electron chi connectivity index (χ3n) is 17.1. The van der Waals surface area contributed by atoms with Crippen LogP contribution in [0.2, 0.25) is 0 Å². The molecule has 81 heavy (non-hydrogen) atoms. The first-order valence-electron chi connectivity index (χ1n) is 31.3. The standard InChI is InChI=1S/C66H81N9O6/c1-4-7-10-13-16-19-22-25-28-31-34-73-61(76)43-37-49-50(38-44(43)62(73)77)68-56-55(67-49)57-59(71-53-41-47-45(39-51(53)69-57)63(78)74(65(47)80)35-32-29-26-23-20-17-14-11-8-5-2)60-58(56)70-52-40-46-48(42-54(52)72-60)66(81)75(64(46)79)36-33-30-27-24-21-18-15-12-9-6-3/h37-42H,4-36H2,1-3H3. The molecule has 7 aromatic rings. The minimum absolute atomic E-state index is 0.261. The van der Waals surface area contributed by atoms with E-state index in [1.807, 2.05) is 0 Å². The molecule has 4 aromatic carbocycles. The van der Waals surface area contributed by atoms with Crippen LogP contribution < -0.4 is 0 Å². The maximum Gasteiger partial charge on any atom is 0.261 e. The molecule has 0 aliphatic carbocycles. The summed E-state index contributed by atoms with van der Waals surface area (Å²) in [4.78, 5) is 119. The Balaban J connectivity index is 0.957. The SMILES string of the molecule is CCCCCCCCCCCCN1C(=O)c2cc3nc4c5nc6cc7c(cc6nc5c5nc6cc8c(cc6nc5c4nc3cc2C1=O)C(=O)N(CCCCCCCCCCCC)C8=O)C(=O)N(CCCCCCCCCCCC)C7=O. The lowest BCUT2D eigenvalue weighted by Gasteiger charge is -2.13. The van der Waals surface area contributed by atoms with Crippen LogP contribution in [0.3, 0.4) is 0 Å². The van der Waals surface area contributed by atoms with Crippen molar-refractivity contribution in [3.8, 4) is 0 Å². The van der Waals surface area contributed by atoms with E-state index in [0.717, 1.165) is 77.0 Å². The summed E-state index contributed by atoms with van der Waals surface area (Å²) in [6.07, 6.45) is 34.1. The second-order valence-corrected chi connectivity index (χ2v) is 23.3. The van der Waals surface area contributed by atoms with Crippen LogP contribution in [0.4, 0.5) is 0 Å². The molecule has 0 N–H and O–H groups in total. The molecule has 0 atom stereocenters. The number of hydrogen-bond acceptors (Lipinski definition) is 12. The van der Waals surface area contributed by atoms with E-state index in [9.17, 15) is 28.8 Å². The molecule has 0 saturated heterocycles. The second-order valence-electron chi connectivity index (χ2n) is 23.3. The number of fused-ring (bicyclic) bond motifs is 12. The van der Waals surface area contributed by atoms with Gasteiger partial charge in [0.25, 0.3) is 35.4 Å². The Morgan fingerprint density at radius 1 is 0.235 bits per heavy atom. The third-order valence-corrected chi connectivity index (χ3v) is 17.1. The van der Waals surface area contributed by atoms with Crippen LogP contribution in [0.15, 0.2) is 36.4 Å². The molecule has 15 nitrogen and oxygen atoms in total. The quantitative estimate of drug-likeness (QED) is 0.0164. The molecule has 426 valence electrons. The van der Waals surface area contributed by atoms with Gasteiger partial charge in [-0.1, -0.05) is 194 Å². The van der Waals surface area contributed by atoms with Crippen molar-refractivity contribution in [2.24, 2.45) is 0 Å². The van der Waals surface area contributed by atoms with Gasteiger partial charge in [-0.15, -0.1) is 0 Å². The molecule has 6 amide bonds. The van der Waals surface area contributed by atoms with E-state index in [2.05, 4.69) is 20.8 Å². The summed E-state index contributed by atoms with van der Waals surface area (Å²) in [6.45, 7) is 7.66. The molecule has 0 radical (unpaired) electrons. The van der Waals surface area contributed by atoms with Crippen molar-refractivity contribution in [2.45, 2.75) is 213 Å². The average Bonchev–Trinajstić information content (AvgIpc) is 4.14. The largest absolute Gasteiger partial charge is 0.274 e. The summed E-state index contributed by atoms with van der Waals surface area (Å²) in [6, 6.07) is 9.75. The highest BCUT2D eigenvalue weighted by atomic mass is 16.2. The Labute approximate surface area is 475 Å². The lowest BCUT2D eigenvalue weighted by molar-refractivity contribution is 0.0636. The molecule has 10 rings (SSSR count). The number of nitrogens with zero attached hydrogens (tertiary/aromatic N) is 9. The summed E-state index contributed by atoms with van der Waals surface area (Å²) in [5.74, 6) is -2.17. The van der Waals surface area contributed by atoms with Crippen molar-refractivity contribution >= 4 is 102 Å². The monoisotopic (exact) mass is 1100 g/mol. The van der Waals surface area contributed by atoms with Crippen LogP contribution in [-0.2, 0) is 0 Å². The predicted molar refractivity (Wildman–Crippen MR) is 320 cm³/mol. The minimum Gasteiger partial charge on any atom is -0.274 e. The number of hydrogen-bond donors (Lipinski definition) is 0. The van der Waals surface area contributed by atoms with Gasteiger partial charge >= 0.3 is 0 Å². The number of rotatable bonds is 33. The maximum absolute atomic E-state index is 14.0. The molecule has 0 unspecified atom stereocenters. The first kappa shape index (κ1) is 57.3. The molecule has 0 spiro atoms. The fourth-order valence-electron chi connectivity index (χ4n) is 12.4. The fraction of sp³-hybridized carbons (Fsp3) is 0.545. The van der Waals surface area contributed by atoms with Crippen LogP contribution in [0, 0.1) is 0 Å². The molecule has 3 aromatic heterocycles. The Bertz CT molecular complexity index is 2950. The van der Waals surface area contributed by atoms with E-state index in [-0.39, 0.29) is 68.8 Å². The summed E-state index contributed by atoms with van der Waals surface area (Å²) in [5.41, 5.74) is 5.53. The molecule has 0 fully saturated rings. The summed E-state index contributed by atoms with van der Waals surface area (Å²) in [7, 11) is 0. The van der Waals surface area contributed by atoms with Crippen molar-refractivity contribution in [1.29, 1.82) is 0 Å².